The average Bonchev–Trinajstić information content (AvgIpc) is 3.32. The standard InChI is InChI=1S/C32H32N2O7/c1-3-20-39-29-26(41-30(28(29)36)34-19-18-27(35)33-31(34)37)21-40-32(22-10-6-4-7-11-22,23-12-8-5-9-13-23)24-14-16-25(38-2)17-15-24/h3-19,26,28-30,36H,1,20-21H2,2H3,(H,33,35,37)/t26-,28-,29+,30-/m1/s1. The third-order valence-corrected chi connectivity index (χ3v) is 7.16. The zero-order valence-corrected chi connectivity index (χ0v) is 22.6. The van der Waals surface area contributed by atoms with Gasteiger partial charge in [0, 0.05) is 12.3 Å². The van der Waals surface area contributed by atoms with Gasteiger partial charge in [0.1, 0.15) is 29.7 Å². The summed E-state index contributed by atoms with van der Waals surface area (Å²) in [4.78, 5) is 26.4. The van der Waals surface area contributed by atoms with Crippen molar-refractivity contribution in [3.8, 4) is 5.75 Å². The second-order valence-electron chi connectivity index (χ2n) is 9.61. The van der Waals surface area contributed by atoms with Crippen molar-refractivity contribution in [3.63, 3.8) is 0 Å². The highest BCUT2D eigenvalue weighted by molar-refractivity contribution is 5.48. The number of aliphatic hydroxyl groups excluding tert-OH is 1. The fraction of sp³-hybridized carbons (Fsp3) is 0.250. The summed E-state index contributed by atoms with van der Waals surface area (Å²) in [6.07, 6.45) is -1.10. The molecule has 0 amide bonds. The van der Waals surface area contributed by atoms with Crippen molar-refractivity contribution < 1.29 is 24.1 Å². The van der Waals surface area contributed by atoms with E-state index in [-0.39, 0.29) is 13.2 Å². The molecule has 9 heteroatoms. The van der Waals surface area contributed by atoms with Gasteiger partial charge in [-0.2, -0.15) is 0 Å². The lowest BCUT2D eigenvalue weighted by Gasteiger charge is -2.37. The summed E-state index contributed by atoms with van der Waals surface area (Å²) in [5.41, 5.74) is 0.295. The van der Waals surface area contributed by atoms with Crippen LogP contribution in [0, 0.1) is 0 Å². The van der Waals surface area contributed by atoms with Crippen molar-refractivity contribution in [3.05, 3.63) is 147 Å². The number of aromatic nitrogens is 2. The Bertz CT molecular complexity index is 1510. The zero-order chi connectivity index (χ0) is 28.8. The Hall–Kier alpha value is -4.28. The summed E-state index contributed by atoms with van der Waals surface area (Å²) in [7, 11) is 1.61. The Balaban J connectivity index is 1.57. The summed E-state index contributed by atoms with van der Waals surface area (Å²) in [6, 6.07) is 28.5. The Morgan fingerprint density at radius 3 is 2.12 bits per heavy atom. The molecule has 0 spiro atoms. The van der Waals surface area contributed by atoms with Crippen molar-refractivity contribution in [2.45, 2.75) is 30.1 Å². The molecule has 1 saturated heterocycles. The van der Waals surface area contributed by atoms with Crippen LogP contribution in [0.4, 0.5) is 0 Å². The van der Waals surface area contributed by atoms with Crippen LogP contribution in [0.2, 0.25) is 0 Å². The number of nitrogens with one attached hydrogen (secondary N) is 1. The molecule has 9 nitrogen and oxygen atoms in total. The number of hydrogen-bond acceptors (Lipinski definition) is 7. The van der Waals surface area contributed by atoms with Crippen LogP contribution in [-0.4, -0.2) is 53.3 Å². The van der Waals surface area contributed by atoms with Gasteiger partial charge in [-0.05, 0) is 28.8 Å². The fourth-order valence-electron chi connectivity index (χ4n) is 5.22. The highest BCUT2D eigenvalue weighted by Crippen LogP contribution is 2.42. The number of nitrogens with zero attached hydrogens (tertiary/aromatic N) is 1. The van der Waals surface area contributed by atoms with Gasteiger partial charge in [-0.25, -0.2) is 4.79 Å². The van der Waals surface area contributed by atoms with E-state index in [9.17, 15) is 14.7 Å². The Morgan fingerprint density at radius 2 is 1.56 bits per heavy atom. The molecule has 0 bridgehead atoms. The highest BCUT2D eigenvalue weighted by atomic mass is 16.6. The topological polar surface area (TPSA) is 112 Å². The van der Waals surface area contributed by atoms with Crippen molar-refractivity contribution in [1.82, 2.24) is 9.55 Å². The average molecular weight is 557 g/mol. The van der Waals surface area contributed by atoms with E-state index in [0.717, 1.165) is 21.3 Å². The summed E-state index contributed by atoms with van der Waals surface area (Å²) >= 11 is 0. The molecule has 1 aliphatic heterocycles. The second-order valence-corrected chi connectivity index (χ2v) is 9.61. The number of aromatic amines is 1. The Morgan fingerprint density at radius 1 is 0.951 bits per heavy atom. The van der Waals surface area contributed by atoms with Crippen LogP contribution in [0.25, 0.3) is 0 Å². The molecule has 1 fully saturated rings. The van der Waals surface area contributed by atoms with Gasteiger partial charge in [0.05, 0.1) is 20.3 Å². The monoisotopic (exact) mass is 556 g/mol. The molecule has 4 aromatic rings. The molecule has 0 saturated carbocycles. The molecular weight excluding hydrogens is 524 g/mol. The number of benzene rings is 3. The summed E-state index contributed by atoms with van der Waals surface area (Å²) < 4.78 is 25.6. The molecule has 0 unspecified atom stereocenters. The van der Waals surface area contributed by atoms with E-state index in [0.29, 0.717) is 5.75 Å². The minimum atomic E-state index is -1.23. The summed E-state index contributed by atoms with van der Waals surface area (Å²) in [6.45, 7) is 3.85. The van der Waals surface area contributed by atoms with Crippen molar-refractivity contribution in [2.24, 2.45) is 0 Å². The number of ether oxygens (including phenoxy) is 4. The third kappa shape index (κ3) is 5.66. The number of H-pyrrole nitrogens is 1. The minimum Gasteiger partial charge on any atom is -0.497 e. The van der Waals surface area contributed by atoms with Crippen LogP contribution in [0.15, 0.2) is 119 Å². The molecule has 0 aliphatic carbocycles. The van der Waals surface area contributed by atoms with Gasteiger partial charge in [0.2, 0.25) is 0 Å². The normalized spacial score (nSPS) is 20.5. The molecule has 0 radical (unpaired) electrons. The van der Waals surface area contributed by atoms with Crippen LogP contribution >= 0.6 is 0 Å². The third-order valence-electron chi connectivity index (χ3n) is 7.16. The predicted molar refractivity (Wildman–Crippen MR) is 153 cm³/mol. The predicted octanol–water partition coefficient (Wildman–Crippen LogP) is 3.38. The van der Waals surface area contributed by atoms with Crippen molar-refractivity contribution in [2.75, 3.05) is 20.3 Å². The minimum absolute atomic E-state index is 0.0106. The largest absolute Gasteiger partial charge is 0.497 e. The van der Waals surface area contributed by atoms with E-state index >= 15 is 0 Å². The van der Waals surface area contributed by atoms with Crippen LogP contribution in [0.3, 0.4) is 0 Å². The molecule has 1 aromatic heterocycles. The van der Waals surface area contributed by atoms with Gasteiger partial charge >= 0.3 is 5.69 Å². The van der Waals surface area contributed by atoms with Crippen molar-refractivity contribution >= 4 is 0 Å². The van der Waals surface area contributed by atoms with Gasteiger partial charge in [0.15, 0.2) is 6.23 Å². The highest BCUT2D eigenvalue weighted by Gasteiger charge is 2.48. The quantitative estimate of drug-likeness (QED) is 0.215. The summed E-state index contributed by atoms with van der Waals surface area (Å²) in [5.74, 6) is 0.707. The molecule has 1 aliphatic rings. The first-order chi connectivity index (χ1) is 20.0. The molecule has 4 atom stereocenters. The maximum absolute atomic E-state index is 12.5. The zero-order valence-electron chi connectivity index (χ0n) is 22.6. The van der Waals surface area contributed by atoms with Crippen LogP contribution < -0.4 is 16.0 Å². The molecule has 2 N–H and O–H groups in total. The molecular formula is C32H32N2O7. The Kier molecular flexibility index (Phi) is 8.61. The van der Waals surface area contributed by atoms with E-state index in [1.54, 1.807) is 13.2 Å². The molecule has 212 valence electrons. The van der Waals surface area contributed by atoms with E-state index in [4.69, 9.17) is 18.9 Å². The SMILES string of the molecule is C=CCO[C@@H]1[C@@H](O)[C@H](n2ccc(=O)[nH]c2=O)O[C@@H]1COC(c1ccccc1)(c1ccccc1)c1ccc(OC)cc1. The second kappa shape index (κ2) is 12.5. The van der Waals surface area contributed by atoms with Gasteiger partial charge in [0.25, 0.3) is 5.56 Å². The number of methoxy groups -OCH3 is 1. The lowest BCUT2D eigenvalue weighted by molar-refractivity contribution is -0.102. The lowest BCUT2D eigenvalue weighted by atomic mass is 9.80. The van der Waals surface area contributed by atoms with E-state index in [1.165, 1.54) is 12.3 Å². The number of aliphatic hydroxyl groups is 1. The number of rotatable bonds is 11. The Labute approximate surface area is 237 Å². The molecule has 2 heterocycles. The van der Waals surface area contributed by atoms with Gasteiger partial charge in [-0.15, -0.1) is 6.58 Å². The smallest absolute Gasteiger partial charge is 0.330 e. The van der Waals surface area contributed by atoms with E-state index in [2.05, 4.69) is 11.6 Å². The molecule has 3 aromatic carbocycles. The van der Waals surface area contributed by atoms with Gasteiger partial charge in [-0.1, -0.05) is 78.9 Å². The fourth-order valence-corrected chi connectivity index (χ4v) is 5.22. The van der Waals surface area contributed by atoms with Gasteiger partial charge < -0.3 is 24.1 Å². The summed E-state index contributed by atoms with van der Waals surface area (Å²) in [5, 5.41) is 11.2. The first kappa shape index (κ1) is 28.3. The van der Waals surface area contributed by atoms with Crippen molar-refractivity contribution in [1.29, 1.82) is 0 Å². The van der Waals surface area contributed by atoms with Gasteiger partial charge in [-0.3, -0.25) is 14.3 Å². The van der Waals surface area contributed by atoms with Crippen LogP contribution in [-0.2, 0) is 19.8 Å². The molecule has 5 rings (SSSR count). The first-order valence-corrected chi connectivity index (χ1v) is 13.2. The van der Waals surface area contributed by atoms with E-state index < -0.39 is 41.4 Å². The lowest BCUT2D eigenvalue weighted by Crippen LogP contribution is -2.41. The van der Waals surface area contributed by atoms with Crippen LogP contribution in [0.1, 0.15) is 22.9 Å². The van der Waals surface area contributed by atoms with E-state index in [1.807, 2.05) is 84.9 Å². The number of hydrogen-bond donors (Lipinski definition) is 2. The maximum atomic E-state index is 12.5. The molecule has 41 heavy (non-hydrogen) atoms. The van der Waals surface area contributed by atoms with Crippen LogP contribution in [0.5, 0.6) is 5.75 Å². The maximum Gasteiger partial charge on any atom is 0.330 e. The first-order valence-electron chi connectivity index (χ1n) is 13.2.